The number of carbonyl (C=O) groups is 1. The minimum atomic E-state index is -0.873. The van der Waals surface area contributed by atoms with Gasteiger partial charge in [0.25, 0.3) is 0 Å². The van der Waals surface area contributed by atoms with E-state index < -0.39 is 17.7 Å². The van der Waals surface area contributed by atoms with Crippen molar-refractivity contribution < 1.29 is 14.6 Å². The van der Waals surface area contributed by atoms with Crippen molar-refractivity contribution in [3.63, 3.8) is 0 Å². The molecular formula is C23H23NO3. The molecule has 2 N–H and O–H groups in total. The third-order valence-corrected chi connectivity index (χ3v) is 5.33. The quantitative estimate of drug-likeness (QED) is 0.879. The molecule has 2 atom stereocenters. The van der Waals surface area contributed by atoms with Gasteiger partial charge in [0.15, 0.2) is 5.78 Å². The van der Waals surface area contributed by atoms with Crippen molar-refractivity contribution in [3.05, 3.63) is 89.2 Å². The number of aliphatic hydroxyl groups excluding tert-OH is 1. The topological polar surface area (TPSA) is 58.6 Å². The van der Waals surface area contributed by atoms with E-state index in [1.54, 1.807) is 6.07 Å². The van der Waals surface area contributed by atoms with Crippen LogP contribution in [0.4, 0.5) is 0 Å². The van der Waals surface area contributed by atoms with E-state index in [0.29, 0.717) is 29.0 Å². The Kier molecular flexibility index (Phi) is 4.25. The van der Waals surface area contributed by atoms with Gasteiger partial charge in [-0.15, -0.1) is 0 Å². The van der Waals surface area contributed by atoms with Crippen LogP contribution in [0.2, 0.25) is 0 Å². The molecule has 1 aliphatic carbocycles. The average Bonchev–Trinajstić information content (AvgIpc) is 2.67. The molecule has 4 heteroatoms. The van der Waals surface area contributed by atoms with Crippen LogP contribution in [0.5, 0.6) is 0 Å². The third-order valence-electron chi connectivity index (χ3n) is 5.33. The van der Waals surface area contributed by atoms with E-state index in [-0.39, 0.29) is 5.78 Å². The average molecular weight is 361 g/mol. The number of ether oxygens (including phenoxy) is 1. The third kappa shape index (κ3) is 2.91. The SMILES string of the molecule is C=C1C2=C(C(=O)c3ccccc31)[C@H](NCc1ccccc1)[C@H](O)C(C)(C)O2. The first-order valence-electron chi connectivity index (χ1n) is 9.12. The van der Waals surface area contributed by atoms with Crippen molar-refractivity contribution in [2.75, 3.05) is 0 Å². The molecule has 0 amide bonds. The lowest BCUT2D eigenvalue weighted by Crippen LogP contribution is -2.58. The van der Waals surface area contributed by atoms with Crippen LogP contribution in [0.1, 0.15) is 35.3 Å². The number of benzene rings is 2. The van der Waals surface area contributed by atoms with Gasteiger partial charge in [-0.25, -0.2) is 0 Å². The van der Waals surface area contributed by atoms with Crippen LogP contribution in [0, 0.1) is 0 Å². The number of Topliss-reactive ketones (excluding diaryl/α,β-unsaturated/α-hetero) is 1. The molecule has 2 aromatic carbocycles. The molecule has 27 heavy (non-hydrogen) atoms. The highest BCUT2D eigenvalue weighted by atomic mass is 16.5. The second kappa shape index (κ2) is 6.48. The minimum Gasteiger partial charge on any atom is -0.484 e. The summed E-state index contributed by atoms with van der Waals surface area (Å²) in [6, 6.07) is 16.8. The number of hydrogen-bond donors (Lipinski definition) is 2. The highest BCUT2D eigenvalue weighted by molar-refractivity contribution is 6.17. The summed E-state index contributed by atoms with van der Waals surface area (Å²) in [6.45, 7) is 8.37. The van der Waals surface area contributed by atoms with Crippen LogP contribution in [-0.4, -0.2) is 28.6 Å². The molecule has 138 valence electrons. The molecule has 1 aliphatic heterocycles. The van der Waals surface area contributed by atoms with Crippen molar-refractivity contribution in [1.82, 2.24) is 5.32 Å². The van der Waals surface area contributed by atoms with Gasteiger partial charge in [-0.2, -0.15) is 0 Å². The summed E-state index contributed by atoms with van der Waals surface area (Å²) < 4.78 is 6.08. The predicted octanol–water partition coefficient (Wildman–Crippen LogP) is 3.48. The molecule has 0 spiro atoms. The summed E-state index contributed by atoms with van der Waals surface area (Å²) in [5, 5.41) is 14.3. The fourth-order valence-corrected chi connectivity index (χ4v) is 3.80. The largest absolute Gasteiger partial charge is 0.484 e. The Morgan fingerprint density at radius 3 is 2.41 bits per heavy atom. The van der Waals surface area contributed by atoms with E-state index in [0.717, 1.165) is 11.1 Å². The van der Waals surface area contributed by atoms with E-state index >= 15 is 0 Å². The highest BCUT2D eigenvalue weighted by Crippen LogP contribution is 2.43. The van der Waals surface area contributed by atoms with Gasteiger partial charge in [0.1, 0.15) is 17.5 Å². The molecule has 0 bridgehead atoms. The Hall–Kier alpha value is -2.69. The first kappa shape index (κ1) is 17.7. The Bertz CT molecular complexity index is 943. The molecule has 0 saturated carbocycles. The number of rotatable bonds is 3. The van der Waals surface area contributed by atoms with Crippen LogP contribution >= 0.6 is 0 Å². The van der Waals surface area contributed by atoms with E-state index in [9.17, 15) is 9.90 Å². The molecule has 4 rings (SSSR count). The number of hydrogen-bond acceptors (Lipinski definition) is 4. The van der Waals surface area contributed by atoms with E-state index in [2.05, 4.69) is 11.9 Å². The Balaban J connectivity index is 1.76. The lowest BCUT2D eigenvalue weighted by atomic mass is 9.77. The van der Waals surface area contributed by atoms with Crippen molar-refractivity contribution in [1.29, 1.82) is 0 Å². The van der Waals surface area contributed by atoms with Gasteiger partial charge in [0, 0.05) is 17.7 Å². The summed E-state index contributed by atoms with van der Waals surface area (Å²) in [5.74, 6) is 0.368. The number of fused-ring (bicyclic) bond motifs is 1. The van der Waals surface area contributed by atoms with Crippen LogP contribution < -0.4 is 5.32 Å². The van der Waals surface area contributed by atoms with E-state index in [1.807, 2.05) is 62.4 Å². The molecule has 0 unspecified atom stereocenters. The van der Waals surface area contributed by atoms with E-state index in [1.165, 1.54) is 0 Å². The van der Waals surface area contributed by atoms with Gasteiger partial charge in [-0.3, -0.25) is 4.79 Å². The molecule has 2 aliphatic rings. The maximum atomic E-state index is 13.2. The number of allylic oxidation sites excluding steroid dienone is 1. The van der Waals surface area contributed by atoms with Crippen LogP contribution in [0.25, 0.3) is 5.57 Å². The zero-order valence-electron chi connectivity index (χ0n) is 15.5. The van der Waals surface area contributed by atoms with Crippen LogP contribution in [0.15, 0.2) is 72.5 Å². The second-order valence-corrected chi connectivity index (χ2v) is 7.59. The Labute approximate surface area is 159 Å². The molecule has 0 aromatic heterocycles. The zero-order chi connectivity index (χ0) is 19.2. The Morgan fingerprint density at radius 2 is 1.70 bits per heavy atom. The fourth-order valence-electron chi connectivity index (χ4n) is 3.80. The lowest BCUT2D eigenvalue weighted by Gasteiger charge is -2.45. The van der Waals surface area contributed by atoms with Gasteiger partial charge in [-0.05, 0) is 25.0 Å². The van der Waals surface area contributed by atoms with Crippen molar-refractivity contribution >= 4 is 11.4 Å². The normalized spacial score (nSPS) is 23.5. The van der Waals surface area contributed by atoms with Gasteiger partial charge in [0.05, 0.1) is 11.6 Å². The van der Waals surface area contributed by atoms with Crippen LogP contribution in [0.3, 0.4) is 0 Å². The summed E-state index contributed by atoms with van der Waals surface area (Å²) in [4.78, 5) is 13.2. The number of ketones is 1. The summed E-state index contributed by atoms with van der Waals surface area (Å²) in [6.07, 6.45) is -0.873. The first-order chi connectivity index (χ1) is 12.9. The fraction of sp³-hybridized carbons (Fsp3) is 0.261. The minimum absolute atomic E-state index is 0.117. The van der Waals surface area contributed by atoms with Crippen LogP contribution in [-0.2, 0) is 11.3 Å². The molecular weight excluding hydrogens is 338 g/mol. The smallest absolute Gasteiger partial charge is 0.195 e. The van der Waals surface area contributed by atoms with Gasteiger partial charge in [0.2, 0.25) is 0 Å². The molecule has 0 radical (unpaired) electrons. The van der Waals surface area contributed by atoms with Gasteiger partial charge >= 0.3 is 0 Å². The summed E-state index contributed by atoms with van der Waals surface area (Å²) in [7, 11) is 0. The second-order valence-electron chi connectivity index (χ2n) is 7.59. The zero-order valence-corrected chi connectivity index (χ0v) is 15.5. The van der Waals surface area contributed by atoms with Crippen molar-refractivity contribution in [2.24, 2.45) is 0 Å². The highest BCUT2D eigenvalue weighted by Gasteiger charge is 2.48. The lowest BCUT2D eigenvalue weighted by molar-refractivity contribution is -0.0901. The van der Waals surface area contributed by atoms with E-state index in [4.69, 9.17) is 4.74 Å². The first-order valence-corrected chi connectivity index (χ1v) is 9.12. The standard InChI is InChI=1S/C23H23NO3/c1-14-16-11-7-8-12-17(16)20(25)18-19(22(26)23(2,3)27-21(14)18)24-13-15-9-5-4-6-10-15/h4-12,19,22,24,26H,1,13H2,2-3H3/t19-,22-/m0/s1. The molecule has 0 fully saturated rings. The number of carbonyl (C=O) groups excluding carboxylic acids is 1. The predicted molar refractivity (Wildman–Crippen MR) is 105 cm³/mol. The van der Waals surface area contributed by atoms with Crippen molar-refractivity contribution in [2.45, 2.75) is 38.1 Å². The van der Waals surface area contributed by atoms with Gasteiger partial charge < -0.3 is 15.2 Å². The summed E-state index contributed by atoms with van der Waals surface area (Å²) in [5.41, 5.74) is 2.77. The molecule has 0 saturated heterocycles. The van der Waals surface area contributed by atoms with Gasteiger partial charge in [-0.1, -0.05) is 61.2 Å². The molecule has 1 heterocycles. The number of nitrogens with one attached hydrogen (secondary N) is 1. The molecule has 2 aromatic rings. The maximum absolute atomic E-state index is 13.2. The molecule has 4 nitrogen and oxygen atoms in total. The monoisotopic (exact) mass is 361 g/mol. The number of aliphatic hydroxyl groups is 1. The maximum Gasteiger partial charge on any atom is 0.195 e. The Morgan fingerprint density at radius 1 is 1.07 bits per heavy atom. The van der Waals surface area contributed by atoms with Crippen molar-refractivity contribution in [3.8, 4) is 0 Å². The summed E-state index contributed by atoms with van der Waals surface area (Å²) >= 11 is 0.